The number of hydrogen-bond acceptors (Lipinski definition) is 3. The lowest BCUT2D eigenvalue weighted by atomic mass is 9.79. The molecule has 1 aromatic rings. The average Bonchev–Trinajstić information content (AvgIpc) is 2.44. The average molecular weight is 297 g/mol. The van der Waals surface area contributed by atoms with E-state index in [1.807, 2.05) is 31.2 Å². The molecular weight excluding hydrogens is 274 g/mol. The summed E-state index contributed by atoms with van der Waals surface area (Å²) in [4.78, 5) is 0. The summed E-state index contributed by atoms with van der Waals surface area (Å²) in [5, 5.41) is 10.8. The van der Waals surface area contributed by atoms with Crippen molar-refractivity contribution in [1.29, 1.82) is 0 Å². The maximum Gasteiger partial charge on any atom is 0.211 e. The Hall–Kier alpha value is -0.910. The van der Waals surface area contributed by atoms with Crippen LogP contribution in [0.5, 0.6) is 0 Å². The predicted octanol–water partition coefficient (Wildman–Crippen LogP) is 1.93. The molecule has 20 heavy (non-hydrogen) atoms. The van der Waals surface area contributed by atoms with Crippen LogP contribution in [0.3, 0.4) is 0 Å². The molecule has 0 fully saturated rings. The molecule has 0 radical (unpaired) electrons. The molecule has 1 unspecified atom stereocenters. The lowest BCUT2D eigenvalue weighted by molar-refractivity contribution is 0.0243. The number of sulfonamides is 1. The van der Waals surface area contributed by atoms with E-state index in [-0.39, 0.29) is 12.3 Å². The highest BCUT2D eigenvalue weighted by Gasteiger charge is 2.34. The fraction of sp³-hybridized carbons (Fsp3) is 0.600. The molecule has 2 rings (SSSR count). The van der Waals surface area contributed by atoms with Gasteiger partial charge in [-0.05, 0) is 36.8 Å². The highest BCUT2D eigenvalue weighted by molar-refractivity contribution is 7.89. The monoisotopic (exact) mass is 297 g/mol. The molecular formula is C15H23NO3S. The van der Waals surface area contributed by atoms with Gasteiger partial charge in [0, 0.05) is 6.54 Å². The van der Waals surface area contributed by atoms with E-state index in [4.69, 9.17) is 0 Å². The van der Waals surface area contributed by atoms with E-state index < -0.39 is 15.6 Å². The normalized spacial score (nSPS) is 22.5. The SMILES string of the molecule is CCCCS(=O)(=O)NCC1(O)CCCc2ccccc21. The molecule has 0 aromatic heterocycles. The van der Waals surface area contributed by atoms with E-state index in [0.717, 1.165) is 30.4 Å². The summed E-state index contributed by atoms with van der Waals surface area (Å²) in [6.07, 6.45) is 3.91. The largest absolute Gasteiger partial charge is 0.384 e. The Bertz CT molecular complexity index is 556. The third kappa shape index (κ3) is 3.59. The van der Waals surface area contributed by atoms with Crippen LogP contribution in [0.25, 0.3) is 0 Å². The molecule has 0 amide bonds. The smallest absolute Gasteiger partial charge is 0.211 e. The van der Waals surface area contributed by atoms with Crippen molar-refractivity contribution in [1.82, 2.24) is 4.72 Å². The van der Waals surface area contributed by atoms with Gasteiger partial charge in [-0.15, -0.1) is 0 Å². The predicted molar refractivity (Wildman–Crippen MR) is 80.0 cm³/mol. The van der Waals surface area contributed by atoms with Crippen molar-refractivity contribution >= 4 is 10.0 Å². The fourth-order valence-corrected chi connectivity index (χ4v) is 3.99. The number of fused-ring (bicyclic) bond motifs is 1. The van der Waals surface area contributed by atoms with Crippen molar-refractivity contribution in [3.05, 3.63) is 35.4 Å². The van der Waals surface area contributed by atoms with Crippen LogP contribution >= 0.6 is 0 Å². The number of unbranched alkanes of at least 4 members (excludes halogenated alkanes) is 1. The van der Waals surface area contributed by atoms with Crippen LogP contribution in [0.1, 0.15) is 43.7 Å². The van der Waals surface area contributed by atoms with Crippen molar-refractivity contribution in [2.24, 2.45) is 0 Å². The maximum absolute atomic E-state index is 11.9. The van der Waals surface area contributed by atoms with Gasteiger partial charge in [0.2, 0.25) is 10.0 Å². The van der Waals surface area contributed by atoms with Crippen LogP contribution in [0.4, 0.5) is 0 Å². The molecule has 5 heteroatoms. The summed E-state index contributed by atoms with van der Waals surface area (Å²) in [5.41, 5.74) is 0.909. The first-order valence-corrected chi connectivity index (χ1v) is 8.90. The van der Waals surface area contributed by atoms with Crippen LogP contribution in [0.2, 0.25) is 0 Å². The van der Waals surface area contributed by atoms with Gasteiger partial charge < -0.3 is 5.11 Å². The van der Waals surface area contributed by atoms with Gasteiger partial charge in [-0.2, -0.15) is 0 Å². The molecule has 1 aliphatic carbocycles. The van der Waals surface area contributed by atoms with E-state index in [1.165, 1.54) is 0 Å². The Morgan fingerprint density at radius 2 is 2.10 bits per heavy atom. The summed E-state index contributed by atoms with van der Waals surface area (Å²) < 4.78 is 26.3. The first-order valence-electron chi connectivity index (χ1n) is 7.25. The van der Waals surface area contributed by atoms with Crippen molar-refractivity contribution < 1.29 is 13.5 Å². The Morgan fingerprint density at radius 1 is 1.35 bits per heavy atom. The highest BCUT2D eigenvalue weighted by atomic mass is 32.2. The molecule has 2 N–H and O–H groups in total. The molecule has 0 bridgehead atoms. The minimum atomic E-state index is -3.29. The molecule has 0 spiro atoms. The van der Waals surface area contributed by atoms with Gasteiger partial charge in [-0.1, -0.05) is 37.6 Å². The second kappa shape index (κ2) is 6.24. The molecule has 0 heterocycles. The lowest BCUT2D eigenvalue weighted by Crippen LogP contribution is -2.43. The molecule has 1 aliphatic rings. The zero-order valence-corrected chi connectivity index (χ0v) is 12.7. The summed E-state index contributed by atoms with van der Waals surface area (Å²) >= 11 is 0. The van der Waals surface area contributed by atoms with E-state index >= 15 is 0 Å². The fourth-order valence-electron chi connectivity index (χ4n) is 2.72. The van der Waals surface area contributed by atoms with Gasteiger partial charge in [-0.3, -0.25) is 0 Å². The topological polar surface area (TPSA) is 66.4 Å². The van der Waals surface area contributed by atoms with Gasteiger partial charge >= 0.3 is 0 Å². The first kappa shape index (κ1) is 15.5. The van der Waals surface area contributed by atoms with Crippen molar-refractivity contribution in [3.8, 4) is 0 Å². The highest BCUT2D eigenvalue weighted by Crippen LogP contribution is 2.34. The van der Waals surface area contributed by atoms with E-state index in [2.05, 4.69) is 4.72 Å². The van der Waals surface area contributed by atoms with Gasteiger partial charge in [0.15, 0.2) is 0 Å². The lowest BCUT2D eigenvalue weighted by Gasteiger charge is -2.34. The first-order chi connectivity index (χ1) is 9.47. The Balaban J connectivity index is 2.10. The summed E-state index contributed by atoms with van der Waals surface area (Å²) in [5.74, 6) is 0.126. The number of rotatable bonds is 6. The second-order valence-corrected chi connectivity index (χ2v) is 7.46. The van der Waals surface area contributed by atoms with Crippen LogP contribution in [0.15, 0.2) is 24.3 Å². The zero-order valence-electron chi connectivity index (χ0n) is 11.9. The molecule has 4 nitrogen and oxygen atoms in total. The van der Waals surface area contributed by atoms with E-state index in [1.54, 1.807) is 0 Å². The minimum absolute atomic E-state index is 0.0655. The van der Waals surface area contributed by atoms with Gasteiger partial charge in [-0.25, -0.2) is 13.1 Å². The minimum Gasteiger partial charge on any atom is -0.384 e. The third-order valence-corrected chi connectivity index (χ3v) is 5.32. The van der Waals surface area contributed by atoms with Crippen LogP contribution < -0.4 is 4.72 Å². The number of nitrogens with one attached hydrogen (secondary N) is 1. The molecule has 1 aromatic carbocycles. The maximum atomic E-state index is 11.9. The number of aryl methyl sites for hydroxylation is 1. The summed E-state index contributed by atoms with van der Waals surface area (Å²) in [7, 11) is -3.29. The quantitative estimate of drug-likeness (QED) is 0.843. The zero-order chi connectivity index (χ0) is 14.6. The van der Waals surface area contributed by atoms with E-state index in [0.29, 0.717) is 12.8 Å². The number of hydrogen-bond donors (Lipinski definition) is 2. The van der Waals surface area contributed by atoms with Gasteiger partial charge in [0.05, 0.1) is 5.75 Å². The van der Waals surface area contributed by atoms with Crippen molar-refractivity contribution in [2.45, 2.75) is 44.6 Å². The summed E-state index contributed by atoms with van der Waals surface area (Å²) in [6, 6.07) is 7.75. The van der Waals surface area contributed by atoms with Crippen LogP contribution in [0, 0.1) is 0 Å². The molecule has 0 aliphatic heterocycles. The molecule has 0 saturated carbocycles. The van der Waals surface area contributed by atoms with E-state index in [9.17, 15) is 13.5 Å². The molecule has 112 valence electrons. The standard InChI is InChI=1S/C15H23NO3S/c1-2-3-11-20(18,19)16-12-15(17)10-6-8-13-7-4-5-9-14(13)15/h4-5,7,9,16-17H,2-3,6,8,10-12H2,1H3. The third-order valence-electron chi connectivity index (χ3n) is 3.91. The van der Waals surface area contributed by atoms with Crippen molar-refractivity contribution in [3.63, 3.8) is 0 Å². The summed E-state index contributed by atoms with van der Waals surface area (Å²) in [6.45, 7) is 2.02. The van der Waals surface area contributed by atoms with Gasteiger partial charge in [0.25, 0.3) is 0 Å². The van der Waals surface area contributed by atoms with Crippen molar-refractivity contribution in [2.75, 3.05) is 12.3 Å². The Morgan fingerprint density at radius 3 is 2.85 bits per heavy atom. The number of benzene rings is 1. The Kier molecular flexibility index (Phi) is 4.83. The van der Waals surface area contributed by atoms with Gasteiger partial charge in [0.1, 0.15) is 5.60 Å². The Labute approximate surface area is 121 Å². The molecule has 0 saturated heterocycles. The molecule has 1 atom stereocenters. The van der Waals surface area contributed by atoms with Crippen LogP contribution in [-0.4, -0.2) is 25.8 Å². The van der Waals surface area contributed by atoms with Crippen LogP contribution in [-0.2, 0) is 22.0 Å². The second-order valence-electron chi connectivity index (χ2n) is 5.54. The number of aliphatic hydroxyl groups is 1.